The van der Waals surface area contributed by atoms with Crippen molar-refractivity contribution < 1.29 is 19.8 Å². The third-order valence-corrected chi connectivity index (χ3v) is 7.22. The summed E-state index contributed by atoms with van der Waals surface area (Å²) in [6, 6.07) is 0. The first-order valence-corrected chi connectivity index (χ1v) is 9.30. The maximum atomic E-state index is 13.2. The van der Waals surface area contributed by atoms with Crippen molar-refractivity contribution in [3.63, 3.8) is 0 Å². The van der Waals surface area contributed by atoms with Crippen LogP contribution in [0.25, 0.3) is 0 Å². The highest BCUT2D eigenvalue weighted by Gasteiger charge is 2.67. The maximum absolute atomic E-state index is 13.2. The molecule has 0 aromatic heterocycles. The molecule has 0 aromatic rings. The van der Waals surface area contributed by atoms with Crippen LogP contribution in [0.4, 0.5) is 0 Å². The van der Waals surface area contributed by atoms with Crippen LogP contribution in [0, 0.1) is 35.0 Å². The first kappa shape index (κ1) is 19.6. The summed E-state index contributed by atoms with van der Waals surface area (Å²) >= 11 is 0. The Labute approximate surface area is 146 Å². The van der Waals surface area contributed by atoms with Crippen LogP contribution in [0.2, 0.25) is 0 Å². The molecule has 2 aliphatic rings. The van der Waals surface area contributed by atoms with E-state index in [0.717, 1.165) is 6.42 Å². The lowest BCUT2D eigenvalue weighted by Crippen LogP contribution is -2.68. The van der Waals surface area contributed by atoms with Gasteiger partial charge in [0.1, 0.15) is 11.4 Å². The van der Waals surface area contributed by atoms with Gasteiger partial charge in [-0.15, -0.1) is 0 Å². The lowest BCUT2D eigenvalue weighted by molar-refractivity contribution is -0.204. The van der Waals surface area contributed by atoms with E-state index in [1.807, 2.05) is 27.7 Å². The van der Waals surface area contributed by atoms with E-state index in [2.05, 4.69) is 0 Å². The average molecular weight is 338 g/mol. The third-order valence-electron chi connectivity index (χ3n) is 7.22. The molecule has 138 valence electrons. The zero-order chi connectivity index (χ0) is 18.7. The number of aliphatic hydroxyl groups is 2. The van der Waals surface area contributed by atoms with Gasteiger partial charge >= 0.3 is 0 Å². The summed E-state index contributed by atoms with van der Waals surface area (Å²) in [5.41, 5.74) is -3.22. The number of rotatable bonds is 3. The van der Waals surface area contributed by atoms with E-state index in [1.165, 1.54) is 0 Å². The van der Waals surface area contributed by atoms with E-state index in [4.69, 9.17) is 0 Å². The number of Topliss-reactive ketones (excluding diaryl/α,β-unsaturated/α-hetero) is 2. The molecule has 0 bridgehead atoms. The van der Waals surface area contributed by atoms with Crippen molar-refractivity contribution in [1.29, 1.82) is 0 Å². The highest BCUT2D eigenvalue weighted by Crippen LogP contribution is 2.60. The molecular formula is C20H34O4. The Balaban J connectivity index is 2.66. The van der Waals surface area contributed by atoms with Gasteiger partial charge in [-0.2, -0.15) is 0 Å². The number of carbonyl (C=O) groups excluding carboxylic acids is 2. The monoisotopic (exact) mass is 338 g/mol. The zero-order valence-electron chi connectivity index (χ0n) is 16.2. The quantitative estimate of drug-likeness (QED) is 0.829. The highest BCUT2D eigenvalue weighted by molar-refractivity contribution is 5.95. The molecule has 24 heavy (non-hydrogen) atoms. The topological polar surface area (TPSA) is 74.6 Å². The number of hydrogen-bond donors (Lipinski definition) is 2. The molecule has 2 fully saturated rings. The van der Waals surface area contributed by atoms with Crippen LogP contribution in [0.3, 0.4) is 0 Å². The Kier molecular flexibility index (Phi) is 4.82. The molecule has 4 heteroatoms. The molecule has 2 N–H and O–H groups in total. The van der Waals surface area contributed by atoms with Crippen molar-refractivity contribution in [2.45, 2.75) is 78.9 Å². The molecule has 0 saturated heterocycles. The second-order valence-electron chi connectivity index (χ2n) is 9.23. The Morgan fingerprint density at radius 2 is 1.79 bits per heavy atom. The second-order valence-corrected chi connectivity index (χ2v) is 9.23. The smallest absolute Gasteiger partial charge is 0.167 e. The first-order chi connectivity index (χ1) is 10.8. The summed E-state index contributed by atoms with van der Waals surface area (Å²) in [6.45, 7) is 13.0. The fourth-order valence-electron chi connectivity index (χ4n) is 6.32. The van der Waals surface area contributed by atoms with E-state index in [9.17, 15) is 19.8 Å². The van der Waals surface area contributed by atoms with Gasteiger partial charge in [0.05, 0.1) is 5.60 Å². The van der Waals surface area contributed by atoms with Gasteiger partial charge in [-0.3, -0.25) is 9.59 Å². The van der Waals surface area contributed by atoms with Gasteiger partial charge in [0, 0.05) is 17.3 Å². The molecule has 1 unspecified atom stereocenters. The predicted molar refractivity (Wildman–Crippen MR) is 93.4 cm³/mol. The second kappa shape index (κ2) is 5.91. The van der Waals surface area contributed by atoms with E-state index in [1.54, 1.807) is 20.8 Å². The van der Waals surface area contributed by atoms with Crippen LogP contribution >= 0.6 is 0 Å². The Morgan fingerprint density at radius 3 is 2.25 bits per heavy atom. The van der Waals surface area contributed by atoms with Gasteiger partial charge in [-0.25, -0.2) is 0 Å². The summed E-state index contributed by atoms with van der Waals surface area (Å²) in [5, 5.41) is 21.8. The SMILES string of the molecule is CC[C@@H](C)[C@H]1[C@](C)(O)C(=O)[C@H]2C[C@](C)(O)C[C@@H](C)C2[C@@]1(C)C(C)=O. The van der Waals surface area contributed by atoms with Gasteiger partial charge in [-0.1, -0.05) is 34.1 Å². The molecule has 2 saturated carbocycles. The normalized spacial score (nSPS) is 50.3. The Bertz CT molecular complexity index is 536. The third kappa shape index (κ3) is 2.66. The van der Waals surface area contributed by atoms with Crippen LogP contribution < -0.4 is 0 Å². The maximum Gasteiger partial charge on any atom is 0.167 e. The summed E-state index contributed by atoms with van der Waals surface area (Å²) in [7, 11) is 0. The molecule has 0 spiro atoms. The molecular weight excluding hydrogens is 304 g/mol. The zero-order valence-corrected chi connectivity index (χ0v) is 16.2. The number of carbonyl (C=O) groups is 2. The molecule has 4 nitrogen and oxygen atoms in total. The minimum absolute atomic E-state index is 0.0453. The van der Waals surface area contributed by atoms with Crippen molar-refractivity contribution in [1.82, 2.24) is 0 Å². The van der Waals surface area contributed by atoms with Crippen LogP contribution in [0.1, 0.15) is 67.7 Å². The Hall–Kier alpha value is -0.740. The summed E-state index contributed by atoms with van der Waals surface area (Å²) in [6.07, 6.45) is 1.72. The van der Waals surface area contributed by atoms with Crippen LogP contribution in [0.5, 0.6) is 0 Å². The standard InChI is InChI=1S/C20H34O4/c1-8-11(2)16-19(6,13(4)21)15-12(3)9-18(5,23)10-14(15)17(22)20(16,7)24/h11-12,14-16,23-24H,8-10H2,1-7H3/t11-,12-,14+,15?,16-,18-,19-,20+/m1/s1. The minimum atomic E-state index is -1.54. The number of hydrogen-bond acceptors (Lipinski definition) is 4. The molecule has 0 heterocycles. The van der Waals surface area contributed by atoms with Gasteiger partial charge in [-0.05, 0) is 51.4 Å². The first-order valence-electron chi connectivity index (χ1n) is 9.30. The number of fused-ring (bicyclic) bond motifs is 1. The molecule has 8 atom stereocenters. The lowest BCUT2D eigenvalue weighted by atomic mass is 9.43. The van der Waals surface area contributed by atoms with Gasteiger partial charge in [0.25, 0.3) is 0 Å². The molecule has 0 aliphatic heterocycles. The summed E-state index contributed by atoms with van der Waals surface area (Å²) < 4.78 is 0. The van der Waals surface area contributed by atoms with E-state index >= 15 is 0 Å². The Morgan fingerprint density at radius 1 is 1.25 bits per heavy atom. The number of ketones is 2. The van der Waals surface area contributed by atoms with Gasteiger partial charge in [0.15, 0.2) is 5.78 Å². The summed E-state index contributed by atoms with van der Waals surface area (Å²) in [4.78, 5) is 26.0. The minimum Gasteiger partial charge on any atom is -0.390 e. The molecule has 2 aliphatic carbocycles. The average Bonchev–Trinajstić information content (AvgIpc) is 2.42. The van der Waals surface area contributed by atoms with E-state index in [-0.39, 0.29) is 29.3 Å². The van der Waals surface area contributed by atoms with Crippen LogP contribution in [0.15, 0.2) is 0 Å². The predicted octanol–water partition coefficient (Wildman–Crippen LogP) is 2.99. The van der Waals surface area contributed by atoms with E-state index in [0.29, 0.717) is 12.8 Å². The van der Waals surface area contributed by atoms with E-state index < -0.39 is 28.5 Å². The fourth-order valence-corrected chi connectivity index (χ4v) is 6.32. The van der Waals surface area contributed by atoms with Crippen molar-refractivity contribution in [3.05, 3.63) is 0 Å². The molecule has 0 radical (unpaired) electrons. The van der Waals surface area contributed by atoms with Gasteiger partial charge in [0.2, 0.25) is 0 Å². The van der Waals surface area contributed by atoms with Crippen molar-refractivity contribution in [3.8, 4) is 0 Å². The fraction of sp³-hybridized carbons (Fsp3) is 0.900. The summed E-state index contributed by atoms with van der Waals surface area (Å²) in [5.74, 6) is -1.01. The van der Waals surface area contributed by atoms with Crippen LogP contribution in [-0.4, -0.2) is 33.0 Å². The largest absolute Gasteiger partial charge is 0.390 e. The van der Waals surface area contributed by atoms with Gasteiger partial charge < -0.3 is 10.2 Å². The lowest BCUT2D eigenvalue weighted by Gasteiger charge is -2.61. The highest BCUT2D eigenvalue weighted by atomic mass is 16.3. The molecule has 0 amide bonds. The van der Waals surface area contributed by atoms with Crippen molar-refractivity contribution in [2.24, 2.45) is 35.0 Å². The molecule has 2 rings (SSSR count). The van der Waals surface area contributed by atoms with Crippen molar-refractivity contribution in [2.75, 3.05) is 0 Å². The van der Waals surface area contributed by atoms with Crippen LogP contribution in [-0.2, 0) is 9.59 Å². The molecule has 0 aromatic carbocycles. The van der Waals surface area contributed by atoms with Crippen molar-refractivity contribution >= 4 is 11.6 Å².